The molecule has 0 saturated carbocycles. The molecule has 1 fully saturated rings. The highest BCUT2D eigenvalue weighted by atomic mass is 15.1. The topological polar surface area (TPSA) is 24.1 Å². The summed E-state index contributed by atoms with van der Waals surface area (Å²) in [7, 11) is 2.02. The third-order valence-electron chi connectivity index (χ3n) is 1.97. The summed E-state index contributed by atoms with van der Waals surface area (Å²) in [5, 5.41) is 6.58. The maximum absolute atomic E-state index is 3.30. The molecule has 1 saturated heterocycles. The van der Waals surface area contributed by atoms with E-state index >= 15 is 0 Å². The second kappa shape index (κ2) is 2.03. The summed E-state index contributed by atoms with van der Waals surface area (Å²) in [5.74, 6) is 0. The van der Waals surface area contributed by atoms with Crippen LogP contribution >= 0.6 is 0 Å². The van der Waals surface area contributed by atoms with Gasteiger partial charge in [-0.2, -0.15) is 0 Å². The highest BCUT2D eigenvalue weighted by Crippen LogP contribution is 2.10. The fourth-order valence-electron chi connectivity index (χ4n) is 1.03. The molecular weight excluding hydrogens is 100 g/mol. The predicted molar refractivity (Wildman–Crippen MR) is 35.0 cm³/mol. The molecule has 1 rings (SSSR count). The van der Waals surface area contributed by atoms with Crippen molar-refractivity contribution in [2.24, 2.45) is 0 Å². The summed E-state index contributed by atoms with van der Waals surface area (Å²) >= 11 is 0. The largest absolute Gasteiger partial charge is 0.315 e. The maximum Gasteiger partial charge on any atom is 0.0287 e. The molecule has 0 aromatic heterocycles. The van der Waals surface area contributed by atoms with Gasteiger partial charge in [0.25, 0.3) is 0 Å². The molecule has 0 spiro atoms. The highest BCUT2D eigenvalue weighted by Gasteiger charge is 2.25. The van der Waals surface area contributed by atoms with E-state index in [4.69, 9.17) is 0 Å². The molecule has 0 bridgehead atoms. The van der Waals surface area contributed by atoms with Gasteiger partial charge in [0.05, 0.1) is 0 Å². The normalized spacial score (nSPS) is 38.2. The molecule has 1 unspecified atom stereocenters. The van der Waals surface area contributed by atoms with Gasteiger partial charge in [0.2, 0.25) is 0 Å². The van der Waals surface area contributed by atoms with Crippen molar-refractivity contribution >= 4 is 0 Å². The van der Waals surface area contributed by atoms with Crippen LogP contribution in [0, 0.1) is 0 Å². The van der Waals surface area contributed by atoms with Gasteiger partial charge in [-0.05, 0) is 26.9 Å². The number of hydrogen-bond acceptors (Lipinski definition) is 2. The zero-order chi connectivity index (χ0) is 6.04. The zero-order valence-electron chi connectivity index (χ0n) is 5.62. The van der Waals surface area contributed by atoms with Crippen molar-refractivity contribution in [3.05, 3.63) is 0 Å². The van der Waals surface area contributed by atoms with Gasteiger partial charge in [0, 0.05) is 12.1 Å². The smallest absolute Gasteiger partial charge is 0.0287 e. The lowest BCUT2D eigenvalue weighted by atomic mass is 10.0. The third-order valence-corrected chi connectivity index (χ3v) is 1.97. The molecule has 0 amide bonds. The average Bonchev–Trinajstić information content (AvgIpc) is 2.17. The van der Waals surface area contributed by atoms with Gasteiger partial charge in [-0.15, -0.1) is 0 Å². The molecule has 2 nitrogen and oxygen atoms in total. The summed E-state index contributed by atoms with van der Waals surface area (Å²) in [4.78, 5) is 0. The maximum atomic E-state index is 3.30. The number of nitrogens with one attached hydrogen (secondary N) is 2. The van der Waals surface area contributed by atoms with Gasteiger partial charge in [-0.25, -0.2) is 0 Å². The van der Waals surface area contributed by atoms with E-state index in [0.717, 1.165) is 13.1 Å². The van der Waals surface area contributed by atoms with E-state index in [1.165, 1.54) is 6.42 Å². The Morgan fingerprint density at radius 1 is 1.62 bits per heavy atom. The monoisotopic (exact) mass is 114 g/mol. The Kier molecular flexibility index (Phi) is 1.54. The van der Waals surface area contributed by atoms with E-state index in [1.54, 1.807) is 0 Å². The Hall–Kier alpha value is -0.0800. The van der Waals surface area contributed by atoms with E-state index in [9.17, 15) is 0 Å². The molecule has 1 aliphatic heterocycles. The molecule has 2 heteroatoms. The Morgan fingerprint density at radius 2 is 2.38 bits per heavy atom. The van der Waals surface area contributed by atoms with Gasteiger partial charge in [-0.1, -0.05) is 0 Å². The molecule has 2 N–H and O–H groups in total. The summed E-state index contributed by atoms with van der Waals surface area (Å²) in [6.45, 7) is 4.52. The van der Waals surface area contributed by atoms with E-state index < -0.39 is 0 Å². The van der Waals surface area contributed by atoms with Crippen LogP contribution in [0.3, 0.4) is 0 Å². The molecule has 0 aromatic carbocycles. The molecule has 1 aliphatic rings. The lowest BCUT2D eigenvalue weighted by molar-refractivity contribution is 0.424. The van der Waals surface area contributed by atoms with Crippen LogP contribution in [0.25, 0.3) is 0 Å². The fourth-order valence-corrected chi connectivity index (χ4v) is 1.03. The molecule has 1 heterocycles. The average molecular weight is 114 g/mol. The standard InChI is InChI=1S/C6H14N2/c1-6(7-2)3-4-8-5-6/h7-8H,3-5H2,1-2H3. The van der Waals surface area contributed by atoms with Crippen molar-refractivity contribution in [2.75, 3.05) is 20.1 Å². The second-order valence-corrected chi connectivity index (χ2v) is 2.74. The van der Waals surface area contributed by atoms with Crippen LogP contribution in [0.2, 0.25) is 0 Å². The third kappa shape index (κ3) is 1.01. The van der Waals surface area contributed by atoms with E-state index in [-0.39, 0.29) is 0 Å². The minimum atomic E-state index is 0.375. The van der Waals surface area contributed by atoms with Crippen molar-refractivity contribution in [3.8, 4) is 0 Å². The predicted octanol–water partition coefficient (Wildman–Crippen LogP) is -0.0422. The highest BCUT2D eigenvalue weighted by molar-refractivity contribution is 4.89. The molecule has 0 aliphatic carbocycles. The van der Waals surface area contributed by atoms with Gasteiger partial charge < -0.3 is 10.6 Å². The SMILES string of the molecule is CNC1(C)CCNC1. The van der Waals surface area contributed by atoms with Gasteiger partial charge in [0.1, 0.15) is 0 Å². The Bertz CT molecular complexity index is 74.6. The Balaban J connectivity index is 2.40. The van der Waals surface area contributed by atoms with Crippen LogP contribution in [-0.4, -0.2) is 25.7 Å². The fraction of sp³-hybridized carbons (Fsp3) is 1.00. The minimum Gasteiger partial charge on any atom is -0.315 e. The zero-order valence-corrected chi connectivity index (χ0v) is 5.62. The van der Waals surface area contributed by atoms with E-state index in [2.05, 4.69) is 17.6 Å². The first-order valence-electron chi connectivity index (χ1n) is 3.16. The van der Waals surface area contributed by atoms with E-state index in [1.807, 2.05) is 7.05 Å². The first-order valence-corrected chi connectivity index (χ1v) is 3.16. The quantitative estimate of drug-likeness (QED) is 0.500. The van der Waals surface area contributed by atoms with Crippen molar-refractivity contribution in [3.63, 3.8) is 0 Å². The van der Waals surface area contributed by atoms with Crippen LogP contribution < -0.4 is 10.6 Å². The molecule has 1 atom stereocenters. The van der Waals surface area contributed by atoms with Crippen LogP contribution in [0.15, 0.2) is 0 Å². The Labute approximate surface area is 50.7 Å². The summed E-state index contributed by atoms with van der Waals surface area (Å²) < 4.78 is 0. The summed E-state index contributed by atoms with van der Waals surface area (Å²) in [6.07, 6.45) is 1.25. The molecule has 0 radical (unpaired) electrons. The first-order chi connectivity index (χ1) is 3.77. The summed E-state index contributed by atoms with van der Waals surface area (Å²) in [6, 6.07) is 0. The van der Waals surface area contributed by atoms with Crippen molar-refractivity contribution in [1.29, 1.82) is 0 Å². The van der Waals surface area contributed by atoms with Crippen molar-refractivity contribution in [1.82, 2.24) is 10.6 Å². The first kappa shape index (κ1) is 6.05. The summed E-state index contributed by atoms with van der Waals surface area (Å²) in [5.41, 5.74) is 0.375. The lowest BCUT2D eigenvalue weighted by Gasteiger charge is -2.20. The molecule has 8 heavy (non-hydrogen) atoms. The van der Waals surface area contributed by atoms with Crippen LogP contribution in [0.1, 0.15) is 13.3 Å². The number of likely N-dealkylation sites (N-methyl/N-ethyl adjacent to an activating group) is 1. The van der Waals surface area contributed by atoms with Crippen LogP contribution in [0.5, 0.6) is 0 Å². The van der Waals surface area contributed by atoms with Crippen LogP contribution in [-0.2, 0) is 0 Å². The lowest BCUT2D eigenvalue weighted by Crippen LogP contribution is -2.41. The molecule has 0 aromatic rings. The molecule has 48 valence electrons. The van der Waals surface area contributed by atoms with E-state index in [0.29, 0.717) is 5.54 Å². The number of hydrogen-bond donors (Lipinski definition) is 2. The van der Waals surface area contributed by atoms with Crippen molar-refractivity contribution < 1.29 is 0 Å². The Morgan fingerprint density at radius 3 is 2.62 bits per heavy atom. The molecular formula is C6H14N2. The van der Waals surface area contributed by atoms with Crippen LogP contribution in [0.4, 0.5) is 0 Å². The van der Waals surface area contributed by atoms with Crippen molar-refractivity contribution in [2.45, 2.75) is 18.9 Å². The number of rotatable bonds is 1. The second-order valence-electron chi connectivity index (χ2n) is 2.74. The van der Waals surface area contributed by atoms with Gasteiger partial charge >= 0.3 is 0 Å². The van der Waals surface area contributed by atoms with Gasteiger partial charge in [-0.3, -0.25) is 0 Å². The van der Waals surface area contributed by atoms with Gasteiger partial charge in [0.15, 0.2) is 0 Å². The minimum absolute atomic E-state index is 0.375.